The Kier molecular flexibility index (Phi) is 4.71. The van der Waals surface area contributed by atoms with E-state index < -0.39 is 11.6 Å². The van der Waals surface area contributed by atoms with Crippen molar-refractivity contribution in [3.8, 4) is 0 Å². The summed E-state index contributed by atoms with van der Waals surface area (Å²) in [5, 5.41) is 0.111. The van der Waals surface area contributed by atoms with Gasteiger partial charge in [-0.1, -0.05) is 0 Å². The van der Waals surface area contributed by atoms with Crippen molar-refractivity contribution in [2.45, 2.75) is 0 Å². The number of hydrogen-bond donors (Lipinski definition) is 1. The number of hydrogen-bond acceptors (Lipinski definition) is 2. The molecule has 2 rings (SSSR count). The van der Waals surface area contributed by atoms with Crippen LogP contribution in [-0.4, -0.2) is 4.98 Å². The van der Waals surface area contributed by atoms with Crippen molar-refractivity contribution in [2.75, 3.05) is 5.73 Å². The van der Waals surface area contributed by atoms with Gasteiger partial charge < -0.3 is 5.73 Å². The average Bonchev–Trinajstić information content (AvgIpc) is 2.12. The molecular formula is C9H8Cl2F2N2. The molecule has 0 atom stereocenters. The standard InChI is InChI=1S/C9H6F2N2.2ClH/c10-7-1-2-8(11)9-6(7)3-5(12)4-13-9;;/h1-4H,12H2;2*1H. The second-order valence-corrected chi connectivity index (χ2v) is 2.69. The Bertz CT molecular complexity index is 477. The highest BCUT2D eigenvalue weighted by Gasteiger charge is 2.06. The van der Waals surface area contributed by atoms with E-state index in [0.717, 1.165) is 12.1 Å². The van der Waals surface area contributed by atoms with Gasteiger partial charge in [0.15, 0.2) is 0 Å². The van der Waals surface area contributed by atoms with Gasteiger partial charge in [0.2, 0.25) is 0 Å². The molecule has 0 aliphatic heterocycles. The molecule has 1 aromatic heterocycles. The summed E-state index contributed by atoms with van der Waals surface area (Å²) in [6, 6.07) is 3.46. The number of anilines is 1. The summed E-state index contributed by atoms with van der Waals surface area (Å²) in [7, 11) is 0. The number of benzene rings is 1. The third kappa shape index (κ3) is 2.46. The van der Waals surface area contributed by atoms with Crippen LogP contribution in [-0.2, 0) is 0 Å². The number of fused-ring (bicyclic) bond motifs is 1. The minimum absolute atomic E-state index is 0. The van der Waals surface area contributed by atoms with Gasteiger partial charge in [-0.2, -0.15) is 0 Å². The first-order chi connectivity index (χ1) is 6.18. The monoisotopic (exact) mass is 252 g/mol. The van der Waals surface area contributed by atoms with Gasteiger partial charge in [0, 0.05) is 5.39 Å². The fourth-order valence-electron chi connectivity index (χ4n) is 1.17. The lowest BCUT2D eigenvalue weighted by Crippen LogP contribution is -1.91. The molecule has 0 spiro atoms. The number of nitrogens with zero attached hydrogens (tertiary/aromatic N) is 1. The van der Waals surface area contributed by atoms with Crippen LogP contribution in [0.3, 0.4) is 0 Å². The smallest absolute Gasteiger partial charge is 0.149 e. The van der Waals surface area contributed by atoms with E-state index >= 15 is 0 Å². The first kappa shape index (κ1) is 13.9. The van der Waals surface area contributed by atoms with E-state index in [1.807, 2.05) is 0 Å². The molecule has 1 heterocycles. The Hall–Kier alpha value is -1.13. The fourth-order valence-corrected chi connectivity index (χ4v) is 1.17. The topological polar surface area (TPSA) is 38.9 Å². The largest absolute Gasteiger partial charge is 0.397 e. The Morgan fingerprint density at radius 3 is 2.33 bits per heavy atom. The van der Waals surface area contributed by atoms with Gasteiger partial charge in [-0.3, -0.25) is 4.98 Å². The summed E-state index contributed by atoms with van der Waals surface area (Å²) in [5.41, 5.74) is 5.72. The second-order valence-electron chi connectivity index (χ2n) is 2.69. The quantitative estimate of drug-likeness (QED) is 0.783. The van der Waals surface area contributed by atoms with Crippen molar-refractivity contribution >= 4 is 41.4 Å². The average molecular weight is 253 g/mol. The van der Waals surface area contributed by atoms with Gasteiger partial charge in [0.1, 0.15) is 17.2 Å². The normalized spacial score (nSPS) is 9.20. The zero-order valence-corrected chi connectivity index (χ0v) is 9.04. The van der Waals surface area contributed by atoms with Crippen LogP contribution in [0.5, 0.6) is 0 Å². The molecule has 82 valence electrons. The van der Waals surface area contributed by atoms with E-state index in [-0.39, 0.29) is 35.7 Å². The summed E-state index contributed by atoms with van der Waals surface area (Å²) >= 11 is 0. The molecule has 0 unspecified atom stereocenters. The molecule has 2 nitrogen and oxygen atoms in total. The highest BCUT2D eigenvalue weighted by Crippen LogP contribution is 2.20. The van der Waals surface area contributed by atoms with Crippen LogP contribution in [0.2, 0.25) is 0 Å². The molecule has 0 radical (unpaired) electrons. The summed E-state index contributed by atoms with van der Waals surface area (Å²) < 4.78 is 26.1. The molecule has 2 N–H and O–H groups in total. The van der Waals surface area contributed by atoms with Crippen LogP contribution < -0.4 is 5.73 Å². The van der Waals surface area contributed by atoms with Crippen LogP contribution >= 0.6 is 24.8 Å². The number of pyridine rings is 1. The van der Waals surface area contributed by atoms with Crippen LogP contribution in [0.25, 0.3) is 10.9 Å². The summed E-state index contributed by atoms with van der Waals surface area (Å²) in [6.07, 6.45) is 1.30. The molecule has 15 heavy (non-hydrogen) atoms. The van der Waals surface area contributed by atoms with Gasteiger partial charge >= 0.3 is 0 Å². The lowest BCUT2D eigenvalue weighted by molar-refractivity contribution is 0.615. The maximum absolute atomic E-state index is 13.1. The Balaban J connectivity index is 0.000000980. The van der Waals surface area contributed by atoms with Gasteiger partial charge in [-0.05, 0) is 18.2 Å². The van der Waals surface area contributed by atoms with Crippen molar-refractivity contribution in [1.82, 2.24) is 4.98 Å². The zero-order valence-electron chi connectivity index (χ0n) is 7.41. The Labute approximate surface area is 97.3 Å². The van der Waals surface area contributed by atoms with Gasteiger partial charge in [0.05, 0.1) is 11.9 Å². The number of halogens is 4. The zero-order chi connectivity index (χ0) is 9.42. The van der Waals surface area contributed by atoms with Crippen LogP contribution in [0.4, 0.5) is 14.5 Å². The molecule has 0 fully saturated rings. The Morgan fingerprint density at radius 2 is 1.67 bits per heavy atom. The summed E-state index contributed by atoms with van der Waals surface area (Å²) in [5.74, 6) is -1.06. The van der Waals surface area contributed by atoms with E-state index in [4.69, 9.17) is 5.73 Å². The molecule has 2 aromatic rings. The summed E-state index contributed by atoms with van der Waals surface area (Å²) in [4.78, 5) is 3.70. The molecule has 0 bridgehead atoms. The molecule has 0 aliphatic rings. The number of rotatable bonds is 0. The molecule has 0 saturated carbocycles. The first-order valence-corrected chi connectivity index (χ1v) is 3.68. The second kappa shape index (κ2) is 5.09. The first-order valence-electron chi connectivity index (χ1n) is 3.68. The number of nitrogen functional groups attached to an aromatic ring is 1. The third-order valence-electron chi connectivity index (χ3n) is 1.77. The predicted molar refractivity (Wildman–Crippen MR) is 60.6 cm³/mol. The van der Waals surface area contributed by atoms with Gasteiger partial charge in [-0.25, -0.2) is 8.78 Å². The lowest BCUT2D eigenvalue weighted by Gasteiger charge is -2.00. The van der Waals surface area contributed by atoms with Crippen molar-refractivity contribution in [1.29, 1.82) is 0 Å². The van der Waals surface area contributed by atoms with E-state index in [1.54, 1.807) is 0 Å². The predicted octanol–water partition coefficient (Wildman–Crippen LogP) is 2.94. The van der Waals surface area contributed by atoms with Crippen molar-refractivity contribution in [3.63, 3.8) is 0 Å². The molecular weight excluding hydrogens is 245 g/mol. The van der Waals surface area contributed by atoms with Crippen LogP contribution in [0.15, 0.2) is 24.4 Å². The minimum atomic E-state index is -0.545. The van der Waals surface area contributed by atoms with Crippen molar-refractivity contribution in [3.05, 3.63) is 36.0 Å². The highest BCUT2D eigenvalue weighted by molar-refractivity contribution is 5.85. The maximum atomic E-state index is 13.1. The van der Waals surface area contributed by atoms with E-state index in [2.05, 4.69) is 4.98 Å². The van der Waals surface area contributed by atoms with E-state index in [0.29, 0.717) is 5.69 Å². The maximum Gasteiger partial charge on any atom is 0.149 e. The summed E-state index contributed by atoms with van der Waals surface area (Å²) in [6.45, 7) is 0. The van der Waals surface area contributed by atoms with Crippen LogP contribution in [0.1, 0.15) is 0 Å². The molecule has 1 aromatic carbocycles. The molecule has 6 heteroatoms. The van der Waals surface area contributed by atoms with E-state index in [1.165, 1.54) is 12.3 Å². The molecule has 0 saturated heterocycles. The third-order valence-corrected chi connectivity index (χ3v) is 1.77. The van der Waals surface area contributed by atoms with Crippen molar-refractivity contribution < 1.29 is 8.78 Å². The SMILES string of the molecule is Cl.Cl.Nc1cnc2c(F)ccc(F)c2c1. The molecule has 0 aliphatic carbocycles. The minimum Gasteiger partial charge on any atom is -0.397 e. The van der Waals surface area contributed by atoms with Crippen molar-refractivity contribution in [2.24, 2.45) is 0 Å². The number of aromatic nitrogens is 1. The van der Waals surface area contributed by atoms with Crippen LogP contribution in [0, 0.1) is 11.6 Å². The lowest BCUT2D eigenvalue weighted by atomic mass is 10.2. The van der Waals surface area contributed by atoms with Gasteiger partial charge in [-0.15, -0.1) is 24.8 Å². The highest BCUT2D eigenvalue weighted by atomic mass is 35.5. The Morgan fingerprint density at radius 1 is 1.07 bits per heavy atom. The van der Waals surface area contributed by atoms with E-state index in [9.17, 15) is 8.78 Å². The fraction of sp³-hybridized carbons (Fsp3) is 0. The molecule has 0 amide bonds. The van der Waals surface area contributed by atoms with Gasteiger partial charge in [0.25, 0.3) is 0 Å². The number of nitrogens with two attached hydrogens (primary N) is 1.